The van der Waals surface area contributed by atoms with E-state index in [9.17, 15) is 4.79 Å². The Bertz CT molecular complexity index is 759. The summed E-state index contributed by atoms with van der Waals surface area (Å²) in [5.41, 5.74) is 3.08. The number of carbonyl (C=O) groups is 1. The maximum atomic E-state index is 11.6. The number of carbonyl (C=O) groups excluding carboxylic acids is 1. The Balaban J connectivity index is 1.78. The van der Waals surface area contributed by atoms with Gasteiger partial charge in [-0.3, -0.25) is 5.01 Å². The Kier molecular flexibility index (Phi) is 5.33. The van der Waals surface area contributed by atoms with Gasteiger partial charge >= 0.3 is 0 Å². The SMILES string of the molecule is COc1ccc(C2=NN(C(C=O)Cc3ccccc3)CC2)cc1OC. The van der Waals surface area contributed by atoms with Crippen LogP contribution in [0.2, 0.25) is 0 Å². The fourth-order valence-electron chi connectivity index (χ4n) is 3.01. The lowest BCUT2D eigenvalue weighted by Gasteiger charge is -2.21. The minimum Gasteiger partial charge on any atom is -0.493 e. The molecule has 0 radical (unpaired) electrons. The van der Waals surface area contributed by atoms with Crippen LogP contribution in [0.15, 0.2) is 53.6 Å². The zero-order chi connectivity index (χ0) is 17.6. The molecule has 5 heteroatoms. The summed E-state index contributed by atoms with van der Waals surface area (Å²) >= 11 is 0. The number of hydrazone groups is 1. The Morgan fingerprint density at radius 2 is 1.88 bits per heavy atom. The van der Waals surface area contributed by atoms with Crippen LogP contribution >= 0.6 is 0 Å². The minimum atomic E-state index is -0.250. The summed E-state index contributed by atoms with van der Waals surface area (Å²) in [6.45, 7) is 0.736. The number of aldehydes is 1. The number of rotatable bonds is 7. The van der Waals surface area contributed by atoms with Crippen LogP contribution in [0.4, 0.5) is 0 Å². The number of nitrogens with zero attached hydrogens (tertiary/aromatic N) is 2. The lowest BCUT2D eigenvalue weighted by atomic mass is 10.1. The van der Waals surface area contributed by atoms with Crippen LogP contribution in [-0.4, -0.2) is 43.8 Å². The third-order valence-corrected chi connectivity index (χ3v) is 4.37. The lowest BCUT2D eigenvalue weighted by molar-refractivity contribution is -0.112. The van der Waals surface area contributed by atoms with Crippen LogP contribution < -0.4 is 9.47 Å². The molecule has 0 fully saturated rings. The molecule has 0 saturated heterocycles. The second kappa shape index (κ2) is 7.83. The second-order valence-corrected chi connectivity index (χ2v) is 5.92. The second-order valence-electron chi connectivity index (χ2n) is 5.92. The molecular formula is C20H22N2O3. The zero-order valence-corrected chi connectivity index (χ0v) is 14.5. The molecule has 5 nitrogen and oxygen atoms in total. The van der Waals surface area contributed by atoms with Crippen LogP contribution in [0.3, 0.4) is 0 Å². The lowest BCUT2D eigenvalue weighted by Crippen LogP contribution is -2.32. The Labute approximate surface area is 147 Å². The van der Waals surface area contributed by atoms with E-state index in [0.717, 1.165) is 36.1 Å². The van der Waals surface area contributed by atoms with E-state index in [1.165, 1.54) is 0 Å². The van der Waals surface area contributed by atoms with E-state index in [-0.39, 0.29) is 6.04 Å². The first-order chi connectivity index (χ1) is 12.2. The molecule has 0 bridgehead atoms. The van der Waals surface area contributed by atoms with E-state index >= 15 is 0 Å². The average molecular weight is 338 g/mol. The number of hydrogen-bond donors (Lipinski definition) is 0. The van der Waals surface area contributed by atoms with Gasteiger partial charge in [-0.25, -0.2) is 0 Å². The van der Waals surface area contributed by atoms with E-state index in [0.29, 0.717) is 17.9 Å². The average Bonchev–Trinajstić information content (AvgIpc) is 3.16. The zero-order valence-electron chi connectivity index (χ0n) is 14.5. The van der Waals surface area contributed by atoms with Crippen LogP contribution in [0.25, 0.3) is 0 Å². The summed E-state index contributed by atoms with van der Waals surface area (Å²) in [5, 5.41) is 6.56. The van der Waals surface area contributed by atoms with Crippen molar-refractivity contribution in [2.45, 2.75) is 18.9 Å². The van der Waals surface area contributed by atoms with Crippen molar-refractivity contribution in [3.63, 3.8) is 0 Å². The van der Waals surface area contributed by atoms with Crippen molar-refractivity contribution in [1.82, 2.24) is 5.01 Å². The first-order valence-electron chi connectivity index (χ1n) is 8.31. The monoisotopic (exact) mass is 338 g/mol. The molecule has 0 spiro atoms. The first-order valence-corrected chi connectivity index (χ1v) is 8.31. The van der Waals surface area contributed by atoms with Crippen LogP contribution in [0.1, 0.15) is 17.5 Å². The molecule has 25 heavy (non-hydrogen) atoms. The van der Waals surface area contributed by atoms with Gasteiger partial charge in [0.05, 0.1) is 19.9 Å². The predicted octanol–water partition coefficient (Wildman–Crippen LogP) is 2.92. The quantitative estimate of drug-likeness (QED) is 0.729. The van der Waals surface area contributed by atoms with Gasteiger partial charge in [-0.2, -0.15) is 5.10 Å². The fraction of sp³-hybridized carbons (Fsp3) is 0.300. The van der Waals surface area contributed by atoms with Gasteiger partial charge in [0.2, 0.25) is 0 Å². The number of hydrogen-bond acceptors (Lipinski definition) is 5. The highest BCUT2D eigenvalue weighted by atomic mass is 16.5. The van der Waals surface area contributed by atoms with Crippen LogP contribution in [0, 0.1) is 0 Å². The van der Waals surface area contributed by atoms with Crippen molar-refractivity contribution >= 4 is 12.0 Å². The molecule has 1 heterocycles. The van der Waals surface area contributed by atoms with E-state index < -0.39 is 0 Å². The standard InChI is InChI=1S/C20H22N2O3/c1-24-19-9-8-16(13-20(19)25-2)18-10-11-22(21-18)17(14-23)12-15-6-4-3-5-7-15/h3-9,13-14,17H,10-12H2,1-2H3. The molecule has 0 N–H and O–H groups in total. The Morgan fingerprint density at radius 3 is 2.56 bits per heavy atom. The van der Waals surface area contributed by atoms with Gasteiger partial charge in [-0.05, 0) is 23.8 Å². The normalized spacial score (nSPS) is 14.8. The van der Waals surface area contributed by atoms with Crippen molar-refractivity contribution in [1.29, 1.82) is 0 Å². The predicted molar refractivity (Wildman–Crippen MR) is 97.4 cm³/mol. The van der Waals surface area contributed by atoms with Crippen molar-refractivity contribution in [3.8, 4) is 11.5 Å². The molecule has 0 aromatic heterocycles. The molecule has 1 aliphatic heterocycles. The number of benzene rings is 2. The topological polar surface area (TPSA) is 51.1 Å². The first kappa shape index (κ1) is 17.0. The highest BCUT2D eigenvalue weighted by Crippen LogP contribution is 2.29. The molecular weight excluding hydrogens is 316 g/mol. The number of ether oxygens (including phenoxy) is 2. The maximum absolute atomic E-state index is 11.6. The Morgan fingerprint density at radius 1 is 1.12 bits per heavy atom. The van der Waals surface area contributed by atoms with Crippen LogP contribution in [-0.2, 0) is 11.2 Å². The van der Waals surface area contributed by atoms with Gasteiger partial charge in [-0.1, -0.05) is 30.3 Å². The maximum Gasteiger partial charge on any atom is 0.161 e. The largest absolute Gasteiger partial charge is 0.493 e. The Hall–Kier alpha value is -2.82. The molecule has 1 aliphatic rings. The molecule has 1 atom stereocenters. The molecule has 0 aliphatic carbocycles. The summed E-state index contributed by atoms with van der Waals surface area (Å²) in [6.07, 6.45) is 2.44. The summed E-state index contributed by atoms with van der Waals surface area (Å²) < 4.78 is 10.6. The third kappa shape index (κ3) is 3.82. The van der Waals surface area contributed by atoms with Gasteiger partial charge in [0.25, 0.3) is 0 Å². The molecule has 3 rings (SSSR count). The third-order valence-electron chi connectivity index (χ3n) is 4.37. The number of methoxy groups -OCH3 is 2. The summed E-state index contributed by atoms with van der Waals surface area (Å²) in [6, 6.07) is 15.5. The molecule has 2 aromatic rings. The highest BCUT2D eigenvalue weighted by molar-refractivity contribution is 6.02. The summed E-state index contributed by atoms with van der Waals surface area (Å²) in [4.78, 5) is 11.6. The highest BCUT2D eigenvalue weighted by Gasteiger charge is 2.24. The smallest absolute Gasteiger partial charge is 0.161 e. The molecule has 1 unspecified atom stereocenters. The van der Waals surface area contributed by atoms with E-state index in [4.69, 9.17) is 9.47 Å². The molecule has 2 aromatic carbocycles. The van der Waals surface area contributed by atoms with Gasteiger partial charge in [0, 0.05) is 24.9 Å². The summed E-state index contributed by atoms with van der Waals surface area (Å²) in [7, 11) is 3.23. The van der Waals surface area contributed by atoms with E-state index in [1.54, 1.807) is 14.2 Å². The molecule has 0 saturated carbocycles. The van der Waals surface area contributed by atoms with E-state index in [2.05, 4.69) is 5.10 Å². The van der Waals surface area contributed by atoms with Gasteiger partial charge in [0.15, 0.2) is 11.5 Å². The van der Waals surface area contributed by atoms with Crippen molar-refractivity contribution in [3.05, 3.63) is 59.7 Å². The molecule has 0 amide bonds. The fourth-order valence-corrected chi connectivity index (χ4v) is 3.01. The van der Waals surface area contributed by atoms with Gasteiger partial charge < -0.3 is 14.3 Å². The van der Waals surface area contributed by atoms with Crippen molar-refractivity contribution in [2.24, 2.45) is 5.10 Å². The van der Waals surface area contributed by atoms with Crippen molar-refractivity contribution in [2.75, 3.05) is 20.8 Å². The van der Waals surface area contributed by atoms with Gasteiger partial charge in [-0.15, -0.1) is 0 Å². The van der Waals surface area contributed by atoms with Crippen LogP contribution in [0.5, 0.6) is 11.5 Å². The van der Waals surface area contributed by atoms with Gasteiger partial charge in [0.1, 0.15) is 12.3 Å². The van der Waals surface area contributed by atoms with Crippen molar-refractivity contribution < 1.29 is 14.3 Å². The molecule has 130 valence electrons. The van der Waals surface area contributed by atoms with E-state index in [1.807, 2.05) is 53.5 Å². The minimum absolute atomic E-state index is 0.250. The summed E-state index contributed by atoms with van der Waals surface area (Å²) in [5.74, 6) is 1.37.